The van der Waals surface area contributed by atoms with Gasteiger partial charge in [0, 0.05) is 11.6 Å². The summed E-state index contributed by atoms with van der Waals surface area (Å²) in [7, 11) is 0. The van der Waals surface area contributed by atoms with E-state index in [1.54, 1.807) is 6.92 Å². The minimum atomic E-state index is -0.416. The molecule has 0 aromatic heterocycles. The van der Waals surface area contributed by atoms with Gasteiger partial charge in [-0.1, -0.05) is 18.2 Å². The molecule has 0 atom stereocenters. The molecule has 2 rings (SSSR count). The third-order valence-electron chi connectivity index (χ3n) is 3.60. The Labute approximate surface area is 134 Å². The van der Waals surface area contributed by atoms with Gasteiger partial charge in [-0.05, 0) is 31.9 Å². The molecule has 0 bridgehead atoms. The highest BCUT2D eigenvalue weighted by atomic mass is 35.5. The smallest absolute Gasteiger partial charge is 0.258 e. The van der Waals surface area contributed by atoms with Crippen molar-refractivity contribution in [1.82, 2.24) is 4.90 Å². The van der Waals surface area contributed by atoms with Gasteiger partial charge in [-0.3, -0.25) is 24.2 Å². The van der Waals surface area contributed by atoms with Crippen LogP contribution < -0.4 is 4.90 Å². The second-order valence-corrected chi connectivity index (χ2v) is 5.50. The molecule has 0 unspecified atom stereocenters. The summed E-state index contributed by atoms with van der Waals surface area (Å²) in [5.74, 6) is -1.38. The van der Waals surface area contributed by atoms with Crippen LogP contribution in [0.4, 0.5) is 5.69 Å². The van der Waals surface area contributed by atoms with Gasteiger partial charge in [0.1, 0.15) is 12.5 Å². The highest BCUT2D eigenvalue weighted by Gasteiger charge is 2.32. The van der Waals surface area contributed by atoms with Gasteiger partial charge < -0.3 is 0 Å². The van der Waals surface area contributed by atoms with Gasteiger partial charge in [0.2, 0.25) is 5.91 Å². The molecular formula is C16H17ClN2O3. The van der Waals surface area contributed by atoms with Crippen molar-refractivity contribution in [1.29, 1.82) is 0 Å². The van der Waals surface area contributed by atoms with E-state index in [0.29, 0.717) is 11.3 Å². The summed E-state index contributed by atoms with van der Waals surface area (Å²) in [4.78, 5) is 38.6. The van der Waals surface area contributed by atoms with Crippen LogP contribution in [0.1, 0.15) is 18.1 Å². The summed E-state index contributed by atoms with van der Waals surface area (Å²) in [5.41, 5.74) is 2.80. The Morgan fingerprint density at radius 1 is 1.18 bits per heavy atom. The second kappa shape index (κ2) is 6.32. The van der Waals surface area contributed by atoms with E-state index in [-0.39, 0.29) is 24.4 Å². The number of hydrogen-bond acceptors (Lipinski definition) is 3. The second-order valence-electron chi connectivity index (χ2n) is 5.24. The fraction of sp³-hybridized carbons (Fsp3) is 0.312. The topological polar surface area (TPSA) is 57.7 Å². The number of carbonyl (C=O) groups is 3. The molecule has 116 valence electrons. The third-order valence-corrected chi connectivity index (χ3v) is 3.82. The van der Waals surface area contributed by atoms with Crippen LogP contribution in [-0.2, 0) is 14.4 Å². The van der Waals surface area contributed by atoms with Crippen LogP contribution in [0.15, 0.2) is 29.8 Å². The maximum Gasteiger partial charge on any atom is 0.258 e. The quantitative estimate of drug-likeness (QED) is 0.631. The van der Waals surface area contributed by atoms with Gasteiger partial charge in [-0.25, -0.2) is 0 Å². The fourth-order valence-electron chi connectivity index (χ4n) is 2.49. The van der Waals surface area contributed by atoms with E-state index in [4.69, 9.17) is 11.6 Å². The molecule has 1 aromatic carbocycles. The standard InChI is InChI=1S/C16H17ClN2O3/c1-10-5-4-6-11(2)15(10)18(14(21)8-17)9-19-13(20)7-12(3)16(19)22/h4-7H,8-9H2,1-3H3. The zero-order chi connectivity index (χ0) is 16.4. The van der Waals surface area contributed by atoms with Gasteiger partial charge in [0.05, 0.1) is 5.69 Å². The number of imide groups is 1. The van der Waals surface area contributed by atoms with E-state index in [1.165, 1.54) is 11.0 Å². The Morgan fingerprint density at radius 2 is 1.77 bits per heavy atom. The Hall–Kier alpha value is -2.14. The van der Waals surface area contributed by atoms with E-state index >= 15 is 0 Å². The number of anilines is 1. The number of rotatable bonds is 4. The molecule has 6 heteroatoms. The van der Waals surface area contributed by atoms with Crippen LogP contribution in [0.5, 0.6) is 0 Å². The van der Waals surface area contributed by atoms with Crippen LogP contribution in [0, 0.1) is 13.8 Å². The number of para-hydroxylation sites is 1. The average Bonchev–Trinajstić information content (AvgIpc) is 2.71. The molecular weight excluding hydrogens is 304 g/mol. The minimum absolute atomic E-state index is 0.136. The molecule has 22 heavy (non-hydrogen) atoms. The predicted octanol–water partition coefficient (Wildman–Crippen LogP) is 2.15. The molecule has 1 aliphatic rings. The van der Waals surface area contributed by atoms with E-state index < -0.39 is 5.91 Å². The molecule has 3 amide bonds. The van der Waals surface area contributed by atoms with Gasteiger partial charge in [0.25, 0.3) is 11.8 Å². The largest absolute Gasteiger partial charge is 0.292 e. The van der Waals surface area contributed by atoms with Crippen molar-refractivity contribution in [2.24, 2.45) is 0 Å². The van der Waals surface area contributed by atoms with E-state index in [0.717, 1.165) is 16.0 Å². The lowest BCUT2D eigenvalue weighted by molar-refractivity contribution is -0.137. The van der Waals surface area contributed by atoms with Crippen molar-refractivity contribution in [3.8, 4) is 0 Å². The number of amides is 3. The molecule has 5 nitrogen and oxygen atoms in total. The minimum Gasteiger partial charge on any atom is -0.292 e. The molecule has 0 aliphatic carbocycles. The van der Waals surface area contributed by atoms with Crippen molar-refractivity contribution in [2.45, 2.75) is 20.8 Å². The predicted molar refractivity (Wildman–Crippen MR) is 84.6 cm³/mol. The third kappa shape index (κ3) is 2.90. The van der Waals surface area contributed by atoms with Gasteiger partial charge >= 0.3 is 0 Å². The normalized spacial score (nSPS) is 14.4. The number of aryl methyl sites for hydroxylation is 2. The average molecular weight is 321 g/mol. The lowest BCUT2D eigenvalue weighted by Crippen LogP contribution is -2.45. The zero-order valence-electron chi connectivity index (χ0n) is 12.7. The Morgan fingerprint density at radius 3 is 2.23 bits per heavy atom. The van der Waals surface area contributed by atoms with Crippen LogP contribution in [0.2, 0.25) is 0 Å². The van der Waals surface area contributed by atoms with Crippen LogP contribution in [0.25, 0.3) is 0 Å². The Kier molecular flexibility index (Phi) is 4.66. The first-order valence-corrected chi connectivity index (χ1v) is 7.37. The molecule has 0 spiro atoms. The van der Waals surface area contributed by atoms with Crippen molar-refractivity contribution in [3.05, 3.63) is 41.0 Å². The van der Waals surface area contributed by atoms with E-state index in [2.05, 4.69) is 0 Å². The number of halogens is 1. The van der Waals surface area contributed by atoms with Gasteiger partial charge in [-0.2, -0.15) is 0 Å². The summed E-state index contributed by atoms with van der Waals surface area (Å²) in [6, 6.07) is 5.62. The summed E-state index contributed by atoms with van der Waals surface area (Å²) < 4.78 is 0. The molecule has 0 fully saturated rings. The van der Waals surface area contributed by atoms with Crippen LogP contribution >= 0.6 is 11.6 Å². The first-order valence-electron chi connectivity index (χ1n) is 6.83. The molecule has 1 aliphatic heterocycles. The Balaban J connectivity index is 2.39. The maximum atomic E-state index is 12.2. The highest BCUT2D eigenvalue weighted by Crippen LogP contribution is 2.26. The van der Waals surface area contributed by atoms with Gasteiger partial charge in [0.15, 0.2) is 0 Å². The first-order chi connectivity index (χ1) is 10.4. The SMILES string of the molecule is CC1=CC(=O)N(CN(C(=O)CCl)c2c(C)cccc2C)C1=O. The van der Waals surface area contributed by atoms with Crippen molar-refractivity contribution in [3.63, 3.8) is 0 Å². The number of carbonyl (C=O) groups excluding carboxylic acids is 3. The highest BCUT2D eigenvalue weighted by molar-refractivity contribution is 6.29. The molecule has 1 aromatic rings. The molecule has 0 saturated carbocycles. The van der Waals surface area contributed by atoms with E-state index in [1.807, 2.05) is 32.0 Å². The first kappa shape index (κ1) is 16.2. The zero-order valence-corrected chi connectivity index (χ0v) is 13.5. The number of alkyl halides is 1. The van der Waals surface area contributed by atoms with Crippen molar-refractivity contribution < 1.29 is 14.4 Å². The molecule has 0 saturated heterocycles. The van der Waals surface area contributed by atoms with Crippen molar-refractivity contribution >= 4 is 35.0 Å². The van der Waals surface area contributed by atoms with E-state index in [9.17, 15) is 14.4 Å². The monoisotopic (exact) mass is 320 g/mol. The number of benzene rings is 1. The summed E-state index contributed by atoms with van der Waals surface area (Å²) in [6.07, 6.45) is 1.27. The summed E-state index contributed by atoms with van der Waals surface area (Å²) >= 11 is 5.70. The lowest BCUT2D eigenvalue weighted by Gasteiger charge is -2.29. The molecule has 1 heterocycles. The fourth-order valence-corrected chi connectivity index (χ4v) is 2.64. The maximum absolute atomic E-state index is 12.2. The van der Waals surface area contributed by atoms with Crippen molar-refractivity contribution in [2.75, 3.05) is 17.4 Å². The number of hydrogen-bond donors (Lipinski definition) is 0. The van der Waals surface area contributed by atoms with Crippen LogP contribution in [0.3, 0.4) is 0 Å². The Bertz CT molecular complexity index is 662. The molecule has 0 radical (unpaired) electrons. The summed E-state index contributed by atoms with van der Waals surface area (Å²) in [6.45, 7) is 5.18. The number of nitrogens with zero attached hydrogens (tertiary/aromatic N) is 2. The van der Waals surface area contributed by atoms with Crippen LogP contribution in [-0.4, -0.2) is 35.2 Å². The van der Waals surface area contributed by atoms with Gasteiger partial charge in [-0.15, -0.1) is 11.6 Å². The lowest BCUT2D eigenvalue weighted by atomic mass is 10.1. The molecule has 0 N–H and O–H groups in total. The summed E-state index contributed by atoms with van der Waals surface area (Å²) in [5, 5.41) is 0.